The highest BCUT2D eigenvalue weighted by Gasteiger charge is 2.45. The Balaban J connectivity index is 1.79. The highest BCUT2D eigenvalue weighted by molar-refractivity contribution is 6.51. The van der Waals surface area contributed by atoms with Crippen molar-refractivity contribution >= 4 is 7.12 Å². The quantitative estimate of drug-likeness (QED) is 0.458. The van der Waals surface area contributed by atoms with Gasteiger partial charge in [-0.2, -0.15) is 0 Å². The van der Waals surface area contributed by atoms with Crippen LogP contribution in [0.25, 0.3) is 0 Å². The largest absolute Gasteiger partial charge is 0.403 e. The molecule has 0 aromatic carbocycles. The third-order valence-electron chi connectivity index (χ3n) is 3.48. The van der Waals surface area contributed by atoms with Crippen molar-refractivity contribution < 1.29 is 0 Å². The molecule has 0 saturated carbocycles. The lowest BCUT2D eigenvalue weighted by Crippen LogP contribution is -2.55. The zero-order valence-electron chi connectivity index (χ0n) is 8.08. The Kier molecular flexibility index (Phi) is 2.05. The summed E-state index contributed by atoms with van der Waals surface area (Å²) in [5.74, 6) is 0. The van der Waals surface area contributed by atoms with Crippen LogP contribution in [0, 0.1) is 0 Å². The van der Waals surface area contributed by atoms with Gasteiger partial charge in [0.05, 0.1) is 0 Å². The molecule has 4 nitrogen and oxygen atoms in total. The summed E-state index contributed by atoms with van der Waals surface area (Å²) in [5, 5.41) is 3.48. The van der Waals surface area contributed by atoms with Crippen LogP contribution in [0.15, 0.2) is 0 Å². The van der Waals surface area contributed by atoms with E-state index >= 15 is 0 Å². The molecule has 0 aromatic heterocycles. The summed E-state index contributed by atoms with van der Waals surface area (Å²) in [7, 11) is 0.655. The molecule has 3 fully saturated rings. The highest BCUT2D eigenvalue weighted by atomic mass is 15.4. The summed E-state index contributed by atoms with van der Waals surface area (Å²) >= 11 is 0. The van der Waals surface area contributed by atoms with Gasteiger partial charge in [-0.05, 0) is 0 Å². The number of rotatable bonds is 0. The maximum atomic E-state index is 3.48. The van der Waals surface area contributed by atoms with Crippen molar-refractivity contribution in [3.8, 4) is 0 Å². The van der Waals surface area contributed by atoms with Crippen molar-refractivity contribution in [3.05, 3.63) is 0 Å². The van der Waals surface area contributed by atoms with E-state index < -0.39 is 0 Å². The van der Waals surface area contributed by atoms with Gasteiger partial charge in [-0.15, -0.1) is 0 Å². The monoisotopic (exact) mass is 180 g/mol. The number of hydrogen-bond acceptors (Lipinski definition) is 4. The zero-order valence-corrected chi connectivity index (χ0v) is 8.08. The summed E-state index contributed by atoms with van der Waals surface area (Å²) in [6, 6.07) is 0. The first-order valence-corrected chi connectivity index (χ1v) is 5.38. The van der Waals surface area contributed by atoms with Crippen LogP contribution >= 0.6 is 0 Å². The minimum atomic E-state index is 0.655. The molecule has 0 bridgehead atoms. The number of nitrogens with zero attached hydrogens (tertiary/aromatic N) is 3. The third-order valence-corrected chi connectivity index (χ3v) is 3.48. The minimum absolute atomic E-state index is 0.655. The van der Waals surface area contributed by atoms with E-state index in [9.17, 15) is 0 Å². The van der Waals surface area contributed by atoms with Crippen LogP contribution in [-0.2, 0) is 0 Å². The molecular weight excluding hydrogens is 163 g/mol. The van der Waals surface area contributed by atoms with Crippen molar-refractivity contribution in [2.24, 2.45) is 0 Å². The van der Waals surface area contributed by atoms with Crippen LogP contribution in [0.2, 0.25) is 0 Å². The molecular formula is C8H17BN4. The Morgan fingerprint density at radius 1 is 0.692 bits per heavy atom. The molecule has 72 valence electrons. The Morgan fingerprint density at radius 2 is 1.15 bits per heavy atom. The lowest BCUT2D eigenvalue weighted by Gasteiger charge is -2.30. The molecule has 3 saturated heterocycles. The maximum Gasteiger partial charge on any atom is 0.403 e. The fraction of sp³-hybridized carbons (Fsp3) is 1.00. The Bertz CT molecular complexity index is 183. The van der Waals surface area contributed by atoms with Crippen LogP contribution in [0.1, 0.15) is 0 Å². The molecule has 13 heavy (non-hydrogen) atoms. The average Bonchev–Trinajstić information content (AvgIpc) is 2.60. The molecule has 0 spiro atoms. The number of hydrogen-bond donors (Lipinski definition) is 1. The summed E-state index contributed by atoms with van der Waals surface area (Å²) < 4.78 is 0. The summed E-state index contributed by atoms with van der Waals surface area (Å²) in [6.45, 7) is 9.86. The summed E-state index contributed by atoms with van der Waals surface area (Å²) in [5.41, 5.74) is 0. The second-order valence-corrected chi connectivity index (χ2v) is 4.20. The smallest absolute Gasteiger partial charge is 0.314 e. The molecule has 0 aliphatic carbocycles. The molecule has 0 radical (unpaired) electrons. The maximum absolute atomic E-state index is 3.48. The SMILES string of the molecule is C1CN2CCN3CCN(CCN1)B23. The van der Waals surface area contributed by atoms with Gasteiger partial charge in [0, 0.05) is 52.4 Å². The first-order chi connectivity index (χ1) is 6.45. The molecule has 3 aliphatic rings. The van der Waals surface area contributed by atoms with Gasteiger partial charge in [0.15, 0.2) is 0 Å². The topological polar surface area (TPSA) is 21.8 Å². The predicted octanol–water partition coefficient (Wildman–Crippen LogP) is -1.49. The molecule has 3 heterocycles. The average molecular weight is 180 g/mol. The van der Waals surface area contributed by atoms with Crippen LogP contribution in [0.5, 0.6) is 0 Å². The van der Waals surface area contributed by atoms with Gasteiger partial charge in [0.1, 0.15) is 0 Å². The van der Waals surface area contributed by atoms with Crippen LogP contribution in [0.4, 0.5) is 0 Å². The lowest BCUT2D eigenvalue weighted by atomic mass is 9.89. The van der Waals surface area contributed by atoms with E-state index in [0.717, 1.165) is 13.1 Å². The molecule has 3 rings (SSSR count). The Labute approximate surface area is 80.0 Å². The van der Waals surface area contributed by atoms with Crippen LogP contribution in [-0.4, -0.2) is 73.9 Å². The van der Waals surface area contributed by atoms with Crippen molar-refractivity contribution in [1.82, 2.24) is 19.7 Å². The van der Waals surface area contributed by atoms with E-state index in [2.05, 4.69) is 19.7 Å². The molecule has 3 aliphatic heterocycles. The van der Waals surface area contributed by atoms with E-state index in [1.165, 1.54) is 39.3 Å². The van der Waals surface area contributed by atoms with Gasteiger partial charge in [-0.1, -0.05) is 0 Å². The molecule has 0 aromatic rings. The summed E-state index contributed by atoms with van der Waals surface area (Å²) in [4.78, 5) is 7.84. The van der Waals surface area contributed by atoms with Gasteiger partial charge >= 0.3 is 7.12 Å². The van der Waals surface area contributed by atoms with Crippen molar-refractivity contribution in [1.29, 1.82) is 0 Å². The van der Waals surface area contributed by atoms with Gasteiger partial charge in [-0.3, -0.25) is 0 Å². The zero-order chi connectivity index (χ0) is 8.67. The van der Waals surface area contributed by atoms with Gasteiger partial charge in [0.25, 0.3) is 0 Å². The van der Waals surface area contributed by atoms with Crippen LogP contribution < -0.4 is 5.32 Å². The molecule has 5 heteroatoms. The van der Waals surface area contributed by atoms with Crippen molar-refractivity contribution in [2.45, 2.75) is 0 Å². The van der Waals surface area contributed by atoms with Crippen molar-refractivity contribution in [2.75, 3.05) is 52.4 Å². The van der Waals surface area contributed by atoms with E-state index in [-0.39, 0.29) is 0 Å². The third kappa shape index (κ3) is 1.31. The summed E-state index contributed by atoms with van der Waals surface area (Å²) in [6.07, 6.45) is 0. The second kappa shape index (κ2) is 3.24. The highest BCUT2D eigenvalue weighted by Crippen LogP contribution is 2.19. The molecule has 0 amide bonds. The molecule has 1 N–H and O–H groups in total. The first kappa shape index (κ1) is 8.23. The molecule has 0 unspecified atom stereocenters. The van der Waals surface area contributed by atoms with E-state index in [0.29, 0.717) is 7.12 Å². The van der Waals surface area contributed by atoms with E-state index in [1.54, 1.807) is 0 Å². The van der Waals surface area contributed by atoms with Gasteiger partial charge < -0.3 is 19.7 Å². The van der Waals surface area contributed by atoms with Crippen molar-refractivity contribution in [3.63, 3.8) is 0 Å². The van der Waals surface area contributed by atoms with Gasteiger partial charge in [0.2, 0.25) is 0 Å². The Morgan fingerprint density at radius 3 is 1.69 bits per heavy atom. The second-order valence-electron chi connectivity index (χ2n) is 4.20. The van der Waals surface area contributed by atoms with E-state index in [4.69, 9.17) is 0 Å². The minimum Gasteiger partial charge on any atom is -0.314 e. The standard InChI is InChI=1S/C8H17BN4/c1-3-11-5-7-13-8-6-12(9(11)13)4-2-10-1/h10H,1-8H2. The predicted molar refractivity (Wildman–Crippen MR) is 53.3 cm³/mol. The first-order valence-electron chi connectivity index (χ1n) is 5.38. The number of nitrogens with one attached hydrogen (secondary N) is 1. The fourth-order valence-corrected chi connectivity index (χ4v) is 2.81. The molecule has 0 atom stereocenters. The van der Waals surface area contributed by atoms with E-state index in [1.807, 2.05) is 0 Å². The fourth-order valence-electron chi connectivity index (χ4n) is 2.81. The lowest BCUT2D eigenvalue weighted by molar-refractivity contribution is 0.351. The Hall–Kier alpha value is -0.0951. The van der Waals surface area contributed by atoms with Crippen LogP contribution in [0.3, 0.4) is 0 Å². The van der Waals surface area contributed by atoms with Gasteiger partial charge in [-0.25, -0.2) is 0 Å². The normalized spacial score (nSPS) is 31.8.